The predicted octanol–water partition coefficient (Wildman–Crippen LogP) is 0.377. The maximum Gasteiger partial charge on any atom is 0.251 e. The zero-order valence-corrected chi connectivity index (χ0v) is 12.6. The minimum atomic E-state index is -0.416. The van der Waals surface area contributed by atoms with Gasteiger partial charge in [0.15, 0.2) is 0 Å². The van der Waals surface area contributed by atoms with E-state index in [2.05, 4.69) is 16.0 Å². The largest absolute Gasteiger partial charge is 0.391 e. The molecule has 116 valence electrons. The number of benzene rings is 1. The van der Waals surface area contributed by atoms with E-state index in [1.165, 1.54) is 6.92 Å². The monoisotopic (exact) mass is 313 g/mol. The molecule has 2 amide bonds. The highest BCUT2D eigenvalue weighted by molar-refractivity contribution is 5.96. The van der Waals surface area contributed by atoms with E-state index >= 15 is 0 Å². The lowest BCUT2D eigenvalue weighted by Gasteiger charge is -2.14. The van der Waals surface area contributed by atoms with Crippen LogP contribution in [0.5, 0.6) is 0 Å². The fraction of sp³-hybridized carbons (Fsp3) is 0.429. The van der Waals surface area contributed by atoms with Crippen LogP contribution in [-0.2, 0) is 4.79 Å². The molecule has 6 nitrogen and oxygen atoms in total. The number of hydrogen-bond donors (Lipinski definition) is 4. The van der Waals surface area contributed by atoms with Crippen LogP contribution >= 0.6 is 12.4 Å². The van der Waals surface area contributed by atoms with Gasteiger partial charge < -0.3 is 21.1 Å². The number of hydrogen-bond acceptors (Lipinski definition) is 4. The third-order valence-corrected chi connectivity index (χ3v) is 3.27. The summed E-state index contributed by atoms with van der Waals surface area (Å²) in [7, 11) is 0. The van der Waals surface area contributed by atoms with Crippen molar-refractivity contribution in [2.45, 2.75) is 13.0 Å². The molecule has 4 N–H and O–H groups in total. The summed E-state index contributed by atoms with van der Waals surface area (Å²) in [5, 5.41) is 18.2. The summed E-state index contributed by atoms with van der Waals surface area (Å²) in [4.78, 5) is 23.0. The summed E-state index contributed by atoms with van der Waals surface area (Å²) in [6.45, 7) is 3.12. The van der Waals surface area contributed by atoms with Gasteiger partial charge in [0.1, 0.15) is 0 Å². The van der Waals surface area contributed by atoms with Gasteiger partial charge in [-0.1, -0.05) is 6.07 Å². The lowest BCUT2D eigenvalue weighted by atomic mass is 10.1. The Labute approximate surface area is 129 Å². The molecule has 1 aromatic carbocycles. The molecule has 1 aliphatic heterocycles. The van der Waals surface area contributed by atoms with Crippen LogP contribution in [0.25, 0.3) is 0 Å². The fourth-order valence-electron chi connectivity index (χ4n) is 2.19. The van der Waals surface area contributed by atoms with E-state index in [1.807, 2.05) is 0 Å². The van der Waals surface area contributed by atoms with Gasteiger partial charge in [-0.15, -0.1) is 12.4 Å². The topological polar surface area (TPSA) is 90.5 Å². The predicted molar refractivity (Wildman–Crippen MR) is 82.7 cm³/mol. The Hall–Kier alpha value is -1.63. The Morgan fingerprint density at radius 2 is 2.14 bits per heavy atom. The Morgan fingerprint density at radius 1 is 1.38 bits per heavy atom. The molecule has 1 heterocycles. The average Bonchev–Trinajstić information content (AvgIpc) is 2.81. The second kappa shape index (κ2) is 7.97. The summed E-state index contributed by atoms with van der Waals surface area (Å²) in [5.41, 5.74) is 1.07. The van der Waals surface area contributed by atoms with Crippen molar-refractivity contribution in [1.82, 2.24) is 10.6 Å². The van der Waals surface area contributed by atoms with Gasteiger partial charge >= 0.3 is 0 Å². The van der Waals surface area contributed by atoms with Gasteiger partial charge in [0.25, 0.3) is 5.91 Å². The van der Waals surface area contributed by atoms with E-state index < -0.39 is 6.10 Å². The van der Waals surface area contributed by atoms with Gasteiger partial charge in [0.2, 0.25) is 5.91 Å². The number of carbonyl (C=O) groups is 2. The van der Waals surface area contributed by atoms with Crippen molar-refractivity contribution < 1.29 is 14.7 Å². The summed E-state index contributed by atoms with van der Waals surface area (Å²) < 4.78 is 0. The van der Waals surface area contributed by atoms with E-state index in [0.29, 0.717) is 30.9 Å². The molecule has 2 atom stereocenters. The second-order valence-electron chi connectivity index (χ2n) is 4.96. The third kappa shape index (κ3) is 5.00. The number of rotatable bonds is 4. The molecule has 1 aliphatic rings. The number of carbonyl (C=O) groups excluding carboxylic acids is 2. The van der Waals surface area contributed by atoms with E-state index in [9.17, 15) is 14.7 Å². The number of amides is 2. The lowest BCUT2D eigenvalue weighted by molar-refractivity contribution is -0.114. The normalized spacial score (nSPS) is 20.5. The number of aliphatic hydroxyl groups excluding tert-OH is 1. The highest BCUT2D eigenvalue weighted by Crippen LogP contribution is 2.11. The summed E-state index contributed by atoms with van der Waals surface area (Å²) in [5.74, 6) is -0.350. The molecular weight excluding hydrogens is 294 g/mol. The molecule has 2 rings (SSSR count). The minimum absolute atomic E-state index is 0. The molecule has 1 saturated heterocycles. The van der Waals surface area contributed by atoms with Crippen LogP contribution in [0.4, 0.5) is 5.69 Å². The van der Waals surface area contributed by atoms with Crippen LogP contribution in [0.15, 0.2) is 24.3 Å². The number of nitrogens with one attached hydrogen (secondary N) is 3. The number of aliphatic hydroxyl groups is 1. The average molecular weight is 314 g/mol. The highest BCUT2D eigenvalue weighted by Gasteiger charge is 2.25. The van der Waals surface area contributed by atoms with Crippen molar-refractivity contribution in [2.24, 2.45) is 5.92 Å². The Bertz CT molecular complexity index is 510. The van der Waals surface area contributed by atoms with E-state index in [-0.39, 0.29) is 30.1 Å². The molecule has 7 heteroatoms. The molecule has 0 aromatic heterocycles. The number of anilines is 1. The second-order valence-corrected chi connectivity index (χ2v) is 4.96. The maximum atomic E-state index is 12.0. The van der Waals surface area contributed by atoms with E-state index in [0.717, 1.165) is 0 Å². The molecular formula is C14H20ClN3O3. The summed E-state index contributed by atoms with van der Waals surface area (Å²) in [6.07, 6.45) is -0.416. The molecule has 21 heavy (non-hydrogen) atoms. The quantitative estimate of drug-likeness (QED) is 0.647. The van der Waals surface area contributed by atoms with Gasteiger partial charge in [-0.3, -0.25) is 9.59 Å². The first-order valence-electron chi connectivity index (χ1n) is 6.61. The van der Waals surface area contributed by atoms with E-state index in [4.69, 9.17) is 0 Å². The van der Waals surface area contributed by atoms with Gasteiger partial charge in [-0.05, 0) is 18.2 Å². The summed E-state index contributed by atoms with van der Waals surface area (Å²) in [6, 6.07) is 6.75. The molecule has 0 radical (unpaired) electrons. The van der Waals surface area contributed by atoms with Crippen molar-refractivity contribution >= 4 is 29.9 Å². The molecule has 0 saturated carbocycles. The van der Waals surface area contributed by atoms with Crippen LogP contribution in [0.2, 0.25) is 0 Å². The first-order valence-corrected chi connectivity index (χ1v) is 6.61. The van der Waals surface area contributed by atoms with Crippen LogP contribution in [-0.4, -0.2) is 42.7 Å². The van der Waals surface area contributed by atoms with Crippen molar-refractivity contribution in [3.05, 3.63) is 29.8 Å². The van der Waals surface area contributed by atoms with Crippen molar-refractivity contribution in [1.29, 1.82) is 0 Å². The summed E-state index contributed by atoms with van der Waals surface area (Å²) >= 11 is 0. The van der Waals surface area contributed by atoms with Gasteiger partial charge in [-0.2, -0.15) is 0 Å². The standard InChI is InChI=1S/C14H19N3O3.ClH/c1-9(18)17-12-4-2-3-10(5-12)14(20)16-7-11-6-15-8-13(11)19;/h2-5,11,13,15,19H,6-8H2,1H3,(H,16,20)(H,17,18);1H. The van der Waals surface area contributed by atoms with Crippen LogP contribution in [0.1, 0.15) is 17.3 Å². The number of β-amino-alcohol motifs (C(OH)–C–C–N with tert-alkyl or cyclic N) is 1. The van der Waals surface area contributed by atoms with Gasteiger partial charge in [-0.25, -0.2) is 0 Å². The van der Waals surface area contributed by atoms with Crippen LogP contribution < -0.4 is 16.0 Å². The molecule has 2 unspecified atom stereocenters. The van der Waals surface area contributed by atoms with Crippen LogP contribution in [0.3, 0.4) is 0 Å². The fourth-order valence-corrected chi connectivity index (χ4v) is 2.19. The Balaban J connectivity index is 0.00000220. The molecule has 0 bridgehead atoms. The highest BCUT2D eigenvalue weighted by atomic mass is 35.5. The molecule has 1 fully saturated rings. The number of halogens is 1. The zero-order valence-electron chi connectivity index (χ0n) is 11.8. The van der Waals surface area contributed by atoms with Crippen molar-refractivity contribution in [3.8, 4) is 0 Å². The molecule has 0 spiro atoms. The minimum Gasteiger partial charge on any atom is -0.391 e. The van der Waals surface area contributed by atoms with Gasteiger partial charge in [0, 0.05) is 43.7 Å². The molecule has 1 aromatic rings. The zero-order chi connectivity index (χ0) is 14.5. The smallest absolute Gasteiger partial charge is 0.251 e. The van der Waals surface area contributed by atoms with Gasteiger partial charge in [0.05, 0.1) is 6.10 Å². The lowest BCUT2D eigenvalue weighted by Crippen LogP contribution is -2.34. The SMILES string of the molecule is CC(=O)Nc1cccc(C(=O)NCC2CNCC2O)c1.Cl. The first kappa shape index (κ1) is 17.4. The maximum absolute atomic E-state index is 12.0. The third-order valence-electron chi connectivity index (χ3n) is 3.27. The van der Waals surface area contributed by atoms with Crippen molar-refractivity contribution in [2.75, 3.05) is 25.0 Å². The first-order chi connectivity index (χ1) is 9.56. The Morgan fingerprint density at radius 3 is 2.76 bits per heavy atom. The van der Waals surface area contributed by atoms with Crippen LogP contribution in [0, 0.1) is 5.92 Å². The van der Waals surface area contributed by atoms with Crippen molar-refractivity contribution in [3.63, 3.8) is 0 Å². The Kier molecular flexibility index (Phi) is 6.61. The van der Waals surface area contributed by atoms with E-state index in [1.54, 1.807) is 24.3 Å². The molecule has 0 aliphatic carbocycles.